The van der Waals surface area contributed by atoms with Crippen LogP contribution < -0.4 is 9.64 Å². The maximum atomic E-state index is 12.1. The number of nitrogens with zero attached hydrogens (tertiary/aromatic N) is 2. The van der Waals surface area contributed by atoms with E-state index in [-0.39, 0.29) is 0 Å². The number of H-pyrrole nitrogens is 1. The zero-order valence-electron chi connectivity index (χ0n) is 15.3. The number of hydrogen-bond acceptors (Lipinski definition) is 4. The monoisotopic (exact) mass is 365 g/mol. The van der Waals surface area contributed by atoms with Crippen LogP contribution in [-0.2, 0) is 4.79 Å². The summed E-state index contributed by atoms with van der Waals surface area (Å²) in [7, 11) is 1.66. The summed E-state index contributed by atoms with van der Waals surface area (Å²) in [6.45, 7) is 2.97. The molecular weight excluding hydrogens is 342 g/mol. The van der Waals surface area contributed by atoms with Crippen molar-refractivity contribution >= 4 is 22.6 Å². The number of carboxylic acid groups (broad SMARTS) is 1. The molecule has 27 heavy (non-hydrogen) atoms. The molecular formula is C21H23N3O3. The largest absolute Gasteiger partial charge is 0.497 e. The number of nitrogens with one attached hydrogen (secondary N) is 1. The number of methoxy groups -OCH3 is 1. The van der Waals surface area contributed by atoms with Gasteiger partial charge in [0, 0.05) is 54.5 Å². The zero-order valence-corrected chi connectivity index (χ0v) is 15.3. The summed E-state index contributed by atoms with van der Waals surface area (Å²) in [4.78, 5) is 19.6. The van der Waals surface area contributed by atoms with E-state index in [9.17, 15) is 9.90 Å². The van der Waals surface area contributed by atoms with Crippen molar-refractivity contribution < 1.29 is 14.6 Å². The molecule has 2 N–H and O–H groups in total. The molecule has 1 aliphatic rings. The third kappa shape index (κ3) is 3.36. The highest BCUT2D eigenvalue weighted by molar-refractivity contribution is 5.89. The number of piperazine rings is 1. The van der Waals surface area contributed by atoms with Crippen molar-refractivity contribution in [3.63, 3.8) is 0 Å². The van der Waals surface area contributed by atoms with Gasteiger partial charge in [-0.05, 0) is 30.3 Å². The molecule has 1 fully saturated rings. The number of rotatable bonds is 5. The summed E-state index contributed by atoms with van der Waals surface area (Å²) < 4.78 is 5.21. The van der Waals surface area contributed by atoms with Gasteiger partial charge in [0.2, 0.25) is 0 Å². The lowest BCUT2D eigenvalue weighted by Crippen LogP contribution is -2.49. The van der Waals surface area contributed by atoms with Gasteiger partial charge in [-0.2, -0.15) is 0 Å². The van der Waals surface area contributed by atoms with Crippen LogP contribution in [0.3, 0.4) is 0 Å². The van der Waals surface area contributed by atoms with Gasteiger partial charge in [-0.1, -0.05) is 18.2 Å². The molecule has 0 radical (unpaired) electrons. The standard InChI is InChI=1S/C21H23N3O3/c1-27-16-8-6-15(7-9-16)23-10-12-24(13-11-23)20(21(25)26)18-14-22-19-5-3-2-4-17(18)19/h2-9,14,20,22H,10-13H2,1H3,(H,25,26). The lowest BCUT2D eigenvalue weighted by Gasteiger charge is -2.38. The van der Waals surface area contributed by atoms with Crippen molar-refractivity contribution in [2.24, 2.45) is 0 Å². The van der Waals surface area contributed by atoms with Crippen LogP contribution >= 0.6 is 0 Å². The average molecular weight is 365 g/mol. The molecule has 6 heteroatoms. The number of para-hydroxylation sites is 1. The molecule has 4 rings (SSSR count). The molecule has 140 valence electrons. The first-order valence-corrected chi connectivity index (χ1v) is 9.09. The number of anilines is 1. The average Bonchev–Trinajstić information content (AvgIpc) is 3.12. The summed E-state index contributed by atoms with van der Waals surface area (Å²) in [6, 6.07) is 15.2. The molecule has 6 nitrogen and oxygen atoms in total. The van der Waals surface area contributed by atoms with E-state index in [0.29, 0.717) is 13.1 Å². The lowest BCUT2D eigenvalue weighted by molar-refractivity contribution is -0.143. The molecule has 1 unspecified atom stereocenters. The third-order valence-electron chi connectivity index (χ3n) is 5.27. The highest BCUT2D eigenvalue weighted by Crippen LogP contribution is 2.30. The quantitative estimate of drug-likeness (QED) is 0.727. The molecule has 2 aromatic carbocycles. The summed E-state index contributed by atoms with van der Waals surface area (Å²) in [5.41, 5.74) is 2.93. The number of ether oxygens (including phenoxy) is 1. The van der Waals surface area contributed by atoms with Crippen LogP contribution in [0.25, 0.3) is 10.9 Å². The molecule has 2 heterocycles. The van der Waals surface area contributed by atoms with E-state index < -0.39 is 12.0 Å². The van der Waals surface area contributed by atoms with Crippen LogP contribution in [0.15, 0.2) is 54.7 Å². The van der Waals surface area contributed by atoms with Gasteiger partial charge in [0.1, 0.15) is 11.8 Å². The smallest absolute Gasteiger partial charge is 0.325 e. The SMILES string of the molecule is COc1ccc(N2CCN(C(C(=O)O)c3c[nH]c4ccccc34)CC2)cc1. The number of aromatic amines is 1. The highest BCUT2D eigenvalue weighted by atomic mass is 16.5. The summed E-state index contributed by atoms with van der Waals surface area (Å²) in [5.74, 6) is 0.0281. The second kappa shape index (κ2) is 7.32. The van der Waals surface area contributed by atoms with Crippen LogP contribution in [0.4, 0.5) is 5.69 Å². The molecule has 0 saturated carbocycles. The van der Waals surface area contributed by atoms with Gasteiger partial charge in [0.15, 0.2) is 0 Å². The number of fused-ring (bicyclic) bond motifs is 1. The van der Waals surface area contributed by atoms with Gasteiger partial charge in [-0.3, -0.25) is 9.69 Å². The number of carboxylic acids is 1. The molecule has 1 aliphatic heterocycles. The van der Waals surface area contributed by atoms with E-state index in [4.69, 9.17) is 4.74 Å². The number of hydrogen-bond donors (Lipinski definition) is 2. The first kappa shape index (κ1) is 17.4. The fraction of sp³-hybridized carbons (Fsp3) is 0.286. The summed E-state index contributed by atoms with van der Waals surface area (Å²) in [6.07, 6.45) is 1.83. The topological polar surface area (TPSA) is 68.8 Å². The van der Waals surface area contributed by atoms with Gasteiger partial charge >= 0.3 is 5.97 Å². The van der Waals surface area contributed by atoms with E-state index >= 15 is 0 Å². The van der Waals surface area contributed by atoms with E-state index in [0.717, 1.165) is 41.0 Å². The summed E-state index contributed by atoms with van der Waals surface area (Å²) in [5, 5.41) is 10.9. The first-order valence-electron chi connectivity index (χ1n) is 9.09. The fourth-order valence-electron chi connectivity index (χ4n) is 3.84. The molecule has 0 bridgehead atoms. The Labute approximate surface area is 158 Å². The Bertz CT molecular complexity index is 927. The van der Waals surface area contributed by atoms with Gasteiger partial charge in [0.25, 0.3) is 0 Å². The van der Waals surface area contributed by atoms with E-state index in [2.05, 4.69) is 14.8 Å². The number of aliphatic carboxylic acids is 1. The van der Waals surface area contributed by atoms with Crippen molar-refractivity contribution in [1.29, 1.82) is 0 Å². The fourth-order valence-corrected chi connectivity index (χ4v) is 3.84. The molecule has 1 aromatic heterocycles. The van der Waals surface area contributed by atoms with Crippen LogP contribution in [-0.4, -0.2) is 54.2 Å². The number of carbonyl (C=O) groups is 1. The Morgan fingerprint density at radius 1 is 1.07 bits per heavy atom. The predicted octanol–water partition coefficient (Wildman–Crippen LogP) is 3.12. The minimum atomic E-state index is -0.808. The zero-order chi connectivity index (χ0) is 18.8. The Kier molecular flexibility index (Phi) is 4.73. The van der Waals surface area contributed by atoms with Crippen molar-refractivity contribution in [2.45, 2.75) is 6.04 Å². The Balaban J connectivity index is 1.51. The molecule has 0 aliphatic carbocycles. The van der Waals surface area contributed by atoms with Crippen LogP contribution in [0.5, 0.6) is 5.75 Å². The maximum absolute atomic E-state index is 12.1. The van der Waals surface area contributed by atoms with Crippen molar-refractivity contribution in [3.8, 4) is 5.75 Å². The predicted molar refractivity (Wildman–Crippen MR) is 105 cm³/mol. The van der Waals surface area contributed by atoms with Crippen molar-refractivity contribution in [1.82, 2.24) is 9.88 Å². The van der Waals surface area contributed by atoms with Crippen LogP contribution in [0.2, 0.25) is 0 Å². The van der Waals surface area contributed by atoms with E-state index in [1.165, 1.54) is 0 Å². The first-order chi connectivity index (χ1) is 13.2. The maximum Gasteiger partial charge on any atom is 0.325 e. The second-order valence-corrected chi connectivity index (χ2v) is 6.75. The molecule has 0 amide bonds. The van der Waals surface area contributed by atoms with E-state index in [1.807, 2.05) is 54.7 Å². The van der Waals surface area contributed by atoms with Gasteiger partial charge < -0.3 is 19.7 Å². The van der Waals surface area contributed by atoms with Gasteiger partial charge in [-0.15, -0.1) is 0 Å². The normalized spacial score (nSPS) is 16.4. The summed E-state index contributed by atoms with van der Waals surface area (Å²) >= 11 is 0. The number of aromatic nitrogens is 1. The molecule has 3 aromatic rings. The van der Waals surface area contributed by atoms with Crippen LogP contribution in [0.1, 0.15) is 11.6 Å². The molecule has 0 spiro atoms. The minimum Gasteiger partial charge on any atom is -0.497 e. The van der Waals surface area contributed by atoms with Gasteiger partial charge in [-0.25, -0.2) is 0 Å². The van der Waals surface area contributed by atoms with Gasteiger partial charge in [0.05, 0.1) is 7.11 Å². The Morgan fingerprint density at radius 3 is 2.44 bits per heavy atom. The lowest BCUT2D eigenvalue weighted by atomic mass is 10.0. The van der Waals surface area contributed by atoms with Crippen LogP contribution in [0, 0.1) is 0 Å². The van der Waals surface area contributed by atoms with Crippen molar-refractivity contribution in [2.75, 3.05) is 38.2 Å². The minimum absolute atomic E-state index is 0.640. The van der Waals surface area contributed by atoms with Crippen molar-refractivity contribution in [3.05, 3.63) is 60.3 Å². The Hall–Kier alpha value is -2.99. The highest BCUT2D eigenvalue weighted by Gasteiger charge is 2.32. The molecule has 1 atom stereocenters. The third-order valence-corrected chi connectivity index (χ3v) is 5.27. The number of benzene rings is 2. The van der Waals surface area contributed by atoms with E-state index in [1.54, 1.807) is 7.11 Å². The second-order valence-electron chi connectivity index (χ2n) is 6.75. The Morgan fingerprint density at radius 2 is 1.78 bits per heavy atom. The molecule has 1 saturated heterocycles.